The fourth-order valence-electron chi connectivity index (χ4n) is 1.59. The molecule has 1 heterocycles. The minimum atomic E-state index is 0. The summed E-state index contributed by atoms with van der Waals surface area (Å²) in [6, 6.07) is 5.91. The van der Waals surface area contributed by atoms with Gasteiger partial charge in [0, 0.05) is 24.3 Å². The number of amidine groups is 1. The first kappa shape index (κ1) is 15.1. The average molecular weight is 262 g/mol. The van der Waals surface area contributed by atoms with Crippen molar-refractivity contribution < 1.29 is 0 Å². The molecule has 1 aliphatic heterocycles. The number of benzene rings is 1. The van der Waals surface area contributed by atoms with E-state index >= 15 is 0 Å². The molecule has 16 heavy (non-hydrogen) atoms. The molecule has 3 nitrogen and oxygen atoms in total. The van der Waals surface area contributed by atoms with Gasteiger partial charge in [-0.2, -0.15) is 0 Å². The van der Waals surface area contributed by atoms with Crippen molar-refractivity contribution in [3.05, 3.63) is 23.8 Å². The molecule has 5 heteroatoms. The number of nitrogens with one attached hydrogen (secondary N) is 1. The normalized spacial score (nSPS) is 13.4. The topological polar surface area (TPSA) is 50.4 Å². The Morgan fingerprint density at radius 3 is 2.69 bits per heavy atom. The van der Waals surface area contributed by atoms with Crippen molar-refractivity contribution in [2.75, 3.05) is 17.6 Å². The number of aliphatic imine (C=N–C) groups is 1. The highest BCUT2D eigenvalue weighted by Gasteiger charge is 2.08. The van der Waals surface area contributed by atoms with Gasteiger partial charge in [-0.1, -0.05) is 6.07 Å². The number of hydrogen-bond acceptors (Lipinski definition) is 3. The Kier molecular flexibility index (Phi) is 6.22. The average Bonchev–Trinajstić information content (AvgIpc) is 2.66. The number of rotatable bonds is 1. The number of anilines is 2. The summed E-state index contributed by atoms with van der Waals surface area (Å²) in [6.45, 7) is 2.97. The van der Waals surface area contributed by atoms with Gasteiger partial charge in [0.25, 0.3) is 0 Å². The van der Waals surface area contributed by atoms with Crippen LogP contribution in [-0.2, 0) is 0 Å². The molecule has 1 aromatic rings. The molecule has 1 aliphatic rings. The number of halogens is 2. The van der Waals surface area contributed by atoms with E-state index in [-0.39, 0.29) is 24.8 Å². The van der Waals surface area contributed by atoms with Gasteiger partial charge < -0.3 is 11.1 Å². The van der Waals surface area contributed by atoms with Crippen molar-refractivity contribution in [3.63, 3.8) is 0 Å². The molecule has 0 amide bonds. The third kappa shape index (κ3) is 3.29. The molecule has 2 rings (SSSR count). The highest BCUT2D eigenvalue weighted by molar-refractivity contribution is 5.97. The summed E-state index contributed by atoms with van der Waals surface area (Å²) in [6.07, 6.45) is 2.21. The van der Waals surface area contributed by atoms with Crippen molar-refractivity contribution in [1.82, 2.24) is 0 Å². The van der Waals surface area contributed by atoms with Crippen LogP contribution in [0.4, 0.5) is 11.4 Å². The van der Waals surface area contributed by atoms with E-state index in [1.165, 1.54) is 0 Å². The molecule has 0 radical (unpaired) electrons. The standard InChI is InChI=1S/C11H15N3.2ClH/c1-8-9(12)4-2-5-10(8)14-11-6-3-7-13-11;;/h2,4-5H,3,6-7,12H2,1H3,(H,13,14);2*1H. The van der Waals surface area contributed by atoms with Gasteiger partial charge >= 0.3 is 0 Å². The van der Waals surface area contributed by atoms with Gasteiger partial charge in [0.05, 0.1) is 0 Å². The van der Waals surface area contributed by atoms with Crippen LogP contribution in [0, 0.1) is 6.92 Å². The van der Waals surface area contributed by atoms with Gasteiger partial charge in [-0.05, 0) is 31.0 Å². The summed E-state index contributed by atoms with van der Waals surface area (Å²) >= 11 is 0. The molecule has 0 saturated carbocycles. The fourth-order valence-corrected chi connectivity index (χ4v) is 1.59. The zero-order valence-corrected chi connectivity index (χ0v) is 10.8. The molecule has 0 saturated heterocycles. The Balaban J connectivity index is 0.00000112. The Labute approximate surface area is 108 Å². The largest absolute Gasteiger partial charge is 0.398 e. The van der Waals surface area contributed by atoms with E-state index in [1.54, 1.807) is 0 Å². The van der Waals surface area contributed by atoms with E-state index in [0.717, 1.165) is 42.2 Å². The minimum Gasteiger partial charge on any atom is -0.398 e. The molecule has 3 N–H and O–H groups in total. The number of nitrogens with two attached hydrogens (primary N) is 1. The molecule has 0 aliphatic carbocycles. The van der Waals surface area contributed by atoms with Crippen LogP contribution in [0.3, 0.4) is 0 Å². The van der Waals surface area contributed by atoms with E-state index in [9.17, 15) is 0 Å². The van der Waals surface area contributed by atoms with E-state index < -0.39 is 0 Å². The van der Waals surface area contributed by atoms with Gasteiger partial charge in [-0.15, -0.1) is 24.8 Å². The molecular formula is C11H17Cl2N3. The van der Waals surface area contributed by atoms with Gasteiger partial charge in [0.2, 0.25) is 0 Å². The molecule has 0 bridgehead atoms. The maximum absolute atomic E-state index is 5.82. The second-order valence-electron chi connectivity index (χ2n) is 3.58. The lowest BCUT2D eigenvalue weighted by atomic mass is 10.1. The predicted molar refractivity (Wildman–Crippen MR) is 75.2 cm³/mol. The molecule has 90 valence electrons. The monoisotopic (exact) mass is 261 g/mol. The van der Waals surface area contributed by atoms with Crippen molar-refractivity contribution >= 4 is 42.0 Å². The van der Waals surface area contributed by atoms with Crippen LogP contribution in [-0.4, -0.2) is 12.4 Å². The maximum Gasteiger partial charge on any atom is 0.101 e. The first-order chi connectivity index (χ1) is 6.77. The highest BCUT2D eigenvalue weighted by atomic mass is 35.5. The lowest BCUT2D eigenvalue weighted by Crippen LogP contribution is -2.10. The second-order valence-corrected chi connectivity index (χ2v) is 3.58. The van der Waals surface area contributed by atoms with E-state index in [2.05, 4.69) is 10.3 Å². The number of nitrogen functional groups attached to an aromatic ring is 1. The molecule has 0 unspecified atom stereocenters. The number of hydrogen-bond donors (Lipinski definition) is 2. The Morgan fingerprint density at radius 1 is 1.31 bits per heavy atom. The van der Waals surface area contributed by atoms with Crippen LogP contribution in [0.2, 0.25) is 0 Å². The molecule has 0 spiro atoms. The predicted octanol–water partition coefficient (Wildman–Crippen LogP) is 3.03. The summed E-state index contributed by atoms with van der Waals surface area (Å²) in [7, 11) is 0. The quantitative estimate of drug-likeness (QED) is 0.764. The van der Waals surface area contributed by atoms with Crippen LogP contribution >= 0.6 is 24.8 Å². The molecule has 1 aromatic carbocycles. The zero-order chi connectivity index (χ0) is 9.97. The smallest absolute Gasteiger partial charge is 0.101 e. The summed E-state index contributed by atoms with van der Waals surface area (Å²) < 4.78 is 0. The molecule has 0 aromatic heterocycles. The van der Waals surface area contributed by atoms with Gasteiger partial charge in [0.15, 0.2) is 0 Å². The van der Waals surface area contributed by atoms with Crippen LogP contribution in [0.15, 0.2) is 23.2 Å². The van der Waals surface area contributed by atoms with E-state index in [4.69, 9.17) is 5.73 Å². The van der Waals surface area contributed by atoms with Crippen molar-refractivity contribution in [2.45, 2.75) is 19.8 Å². The third-order valence-electron chi connectivity index (χ3n) is 2.53. The van der Waals surface area contributed by atoms with Crippen LogP contribution in [0.5, 0.6) is 0 Å². The second kappa shape index (κ2) is 6.61. The molecule has 0 atom stereocenters. The Morgan fingerprint density at radius 2 is 2.06 bits per heavy atom. The molecular weight excluding hydrogens is 245 g/mol. The van der Waals surface area contributed by atoms with Gasteiger partial charge in [0.1, 0.15) is 5.84 Å². The zero-order valence-electron chi connectivity index (χ0n) is 9.19. The first-order valence-electron chi connectivity index (χ1n) is 4.93. The van der Waals surface area contributed by atoms with Crippen LogP contribution < -0.4 is 11.1 Å². The van der Waals surface area contributed by atoms with Gasteiger partial charge in [-0.3, -0.25) is 4.99 Å². The highest BCUT2D eigenvalue weighted by Crippen LogP contribution is 2.21. The maximum atomic E-state index is 5.82. The van der Waals surface area contributed by atoms with E-state index in [0.29, 0.717) is 0 Å². The lowest BCUT2D eigenvalue weighted by molar-refractivity contribution is 0.951. The van der Waals surface area contributed by atoms with Crippen molar-refractivity contribution in [2.24, 2.45) is 4.99 Å². The van der Waals surface area contributed by atoms with Crippen LogP contribution in [0.25, 0.3) is 0 Å². The van der Waals surface area contributed by atoms with E-state index in [1.807, 2.05) is 25.1 Å². The Bertz CT molecular complexity index is 377. The fraction of sp³-hybridized carbons (Fsp3) is 0.364. The lowest BCUT2D eigenvalue weighted by Gasteiger charge is -2.10. The van der Waals surface area contributed by atoms with Gasteiger partial charge in [-0.25, -0.2) is 0 Å². The summed E-state index contributed by atoms with van der Waals surface area (Å²) in [5, 5.41) is 3.32. The summed E-state index contributed by atoms with van der Waals surface area (Å²) in [5.74, 6) is 1.08. The van der Waals surface area contributed by atoms with Crippen LogP contribution in [0.1, 0.15) is 18.4 Å². The minimum absolute atomic E-state index is 0. The SMILES string of the molecule is Cc1c(N)cccc1NC1=NCCC1.Cl.Cl. The van der Waals surface area contributed by atoms with Crippen molar-refractivity contribution in [3.8, 4) is 0 Å². The van der Waals surface area contributed by atoms with Crippen molar-refractivity contribution in [1.29, 1.82) is 0 Å². The summed E-state index contributed by atoms with van der Waals surface area (Å²) in [5.41, 5.74) is 8.82. The molecule has 0 fully saturated rings. The third-order valence-corrected chi connectivity index (χ3v) is 2.53. The number of nitrogens with zero attached hydrogens (tertiary/aromatic N) is 1. The first-order valence-corrected chi connectivity index (χ1v) is 4.93. The summed E-state index contributed by atoms with van der Waals surface area (Å²) in [4.78, 5) is 4.37. The Hall–Kier alpha value is -0.930.